The zero-order chi connectivity index (χ0) is 13.5. The van der Waals surface area contributed by atoms with E-state index in [4.69, 9.17) is 5.73 Å². The van der Waals surface area contributed by atoms with Crippen LogP contribution in [0.15, 0.2) is 0 Å². The first-order chi connectivity index (χ1) is 9.04. The second kappa shape index (κ2) is 4.51. The Labute approximate surface area is 113 Å². The predicted molar refractivity (Wildman–Crippen MR) is 76.1 cm³/mol. The lowest BCUT2D eigenvalue weighted by molar-refractivity contribution is 0.567. The van der Waals surface area contributed by atoms with E-state index in [9.17, 15) is 0 Å². The molecule has 1 aliphatic heterocycles. The van der Waals surface area contributed by atoms with Crippen molar-refractivity contribution >= 4 is 17.8 Å². The Morgan fingerprint density at radius 1 is 1.16 bits per heavy atom. The molecule has 0 aromatic carbocycles. The summed E-state index contributed by atoms with van der Waals surface area (Å²) in [5.41, 5.74) is 6.14. The number of hydrogen-bond acceptors (Lipinski definition) is 6. The Balaban J connectivity index is 1.76. The summed E-state index contributed by atoms with van der Waals surface area (Å²) in [5, 5.41) is 3.36. The molecule has 1 aromatic heterocycles. The number of piperidine rings is 1. The van der Waals surface area contributed by atoms with Crippen LogP contribution in [0.5, 0.6) is 0 Å². The second-order valence-corrected chi connectivity index (χ2v) is 6.25. The van der Waals surface area contributed by atoms with E-state index < -0.39 is 0 Å². The van der Waals surface area contributed by atoms with Crippen LogP contribution in [0.2, 0.25) is 0 Å². The number of hydrogen-bond donors (Lipinski definition) is 2. The summed E-state index contributed by atoms with van der Waals surface area (Å²) in [5.74, 6) is 1.63. The van der Waals surface area contributed by atoms with Gasteiger partial charge in [0.05, 0.1) is 0 Å². The molecular weight excluding hydrogens is 240 g/mol. The van der Waals surface area contributed by atoms with Gasteiger partial charge in [0, 0.05) is 19.1 Å². The SMILES string of the molecule is CC1(C)CC1Nc1nc(N)nc(N2CCCCC2)n1. The highest BCUT2D eigenvalue weighted by Gasteiger charge is 2.46. The number of nitrogens with zero attached hydrogens (tertiary/aromatic N) is 4. The van der Waals surface area contributed by atoms with Gasteiger partial charge in [0.15, 0.2) is 0 Å². The molecule has 2 fully saturated rings. The Morgan fingerprint density at radius 2 is 1.84 bits per heavy atom. The molecule has 1 aliphatic carbocycles. The van der Waals surface area contributed by atoms with Crippen molar-refractivity contribution in [3.8, 4) is 0 Å². The normalized spacial score (nSPS) is 25.2. The zero-order valence-electron chi connectivity index (χ0n) is 11.7. The van der Waals surface area contributed by atoms with Crippen LogP contribution in [0, 0.1) is 5.41 Å². The molecular formula is C13H22N6. The fourth-order valence-corrected chi connectivity index (χ4v) is 2.55. The minimum absolute atomic E-state index is 0.302. The largest absolute Gasteiger partial charge is 0.368 e. The monoisotopic (exact) mass is 262 g/mol. The molecule has 1 saturated carbocycles. The van der Waals surface area contributed by atoms with Gasteiger partial charge in [0.2, 0.25) is 17.8 Å². The van der Waals surface area contributed by atoms with E-state index in [0.717, 1.165) is 19.5 Å². The van der Waals surface area contributed by atoms with Crippen molar-refractivity contribution in [3.63, 3.8) is 0 Å². The van der Waals surface area contributed by atoms with Crippen molar-refractivity contribution in [1.82, 2.24) is 15.0 Å². The second-order valence-electron chi connectivity index (χ2n) is 6.25. The minimum atomic E-state index is 0.302. The molecule has 19 heavy (non-hydrogen) atoms. The molecule has 104 valence electrons. The number of anilines is 3. The van der Waals surface area contributed by atoms with Gasteiger partial charge in [-0.05, 0) is 31.1 Å². The van der Waals surface area contributed by atoms with Crippen LogP contribution in [0.25, 0.3) is 0 Å². The molecule has 1 unspecified atom stereocenters. The van der Waals surface area contributed by atoms with Crippen LogP contribution in [-0.2, 0) is 0 Å². The Morgan fingerprint density at radius 3 is 2.47 bits per heavy atom. The van der Waals surface area contributed by atoms with E-state index in [2.05, 4.69) is 39.0 Å². The summed E-state index contributed by atoms with van der Waals surface area (Å²) in [6.45, 7) is 6.50. The molecule has 6 nitrogen and oxygen atoms in total. The molecule has 0 spiro atoms. The number of nitrogen functional groups attached to an aromatic ring is 1. The van der Waals surface area contributed by atoms with Gasteiger partial charge >= 0.3 is 0 Å². The van der Waals surface area contributed by atoms with Gasteiger partial charge < -0.3 is 16.0 Å². The van der Waals surface area contributed by atoms with E-state index in [-0.39, 0.29) is 0 Å². The van der Waals surface area contributed by atoms with Gasteiger partial charge in [-0.1, -0.05) is 13.8 Å². The first kappa shape index (κ1) is 12.4. The lowest BCUT2D eigenvalue weighted by Crippen LogP contribution is -2.31. The first-order valence-electron chi connectivity index (χ1n) is 7.08. The van der Waals surface area contributed by atoms with Crippen LogP contribution in [0.4, 0.5) is 17.8 Å². The summed E-state index contributed by atoms with van der Waals surface area (Å²) >= 11 is 0. The van der Waals surface area contributed by atoms with E-state index in [1.54, 1.807) is 0 Å². The smallest absolute Gasteiger partial charge is 0.231 e. The molecule has 1 aromatic rings. The number of nitrogens with one attached hydrogen (secondary N) is 1. The van der Waals surface area contributed by atoms with E-state index >= 15 is 0 Å². The number of aromatic nitrogens is 3. The highest BCUT2D eigenvalue weighted by atomic mass is 15.3. The third kappa shape index (κ3) is 2.72. The predicted octanol–water partition coefficient (Wildman–Crippen LogP) is 1.65. The maximum atomic E-state index is 5.80. The fourth-order valence-electron chi connectivity index (χ4n) is 2.55. The number of nitrogens with two attached hydrogens (primary N) is 1. The molecule has 1 atom stereocenters. The average molecular weight is 262 g/mol. The van der Waals surface area contributed by atoms with Crippen LogP contribution in [0.3, 0.4) is 0 Å². The summed E-state index contributed by atoms with van der Waals surface area (Å²) < 4.78 is 0. The minimum Gasteiger partial charge on any atom is -0.368 e. The third-order valence-electron chi connectivity index (χ3n) is 4.10. The first-order valence-corrected chi connectivity index (χ1v) is 7.08. The topological polar surface area (TPSA) is 80.0 Å². The summed E-state index contributed by atoms with van der Waals surface area (Å²) in [6, 6.07) is 0.448. The van der Waals surface area contributed by atoms with Crippen molar-refractivity contribution in [2.24, 2.45) is 5.41 Å². The highest BCUT2D eigenvalue weighted by Crippen LogP contribution is 2.46. The molecule has 3 N–H and O–H groups in total. The molecule has 0 radical (unpaired) electrons. The van der Waals surface area contributed by atoms with Crippen LogP contribution >= 0.6 is 0 Å². The van der Waals surface area contributed by atoms with Crippen molar-refractivity contribution < 1.29 is 0 Å². The fraction of sp³-hybridized carbons (Fsp3) is 0.769. The van der Waals surface area contributed by atoms with Gasteiger partial charge in [-0.15, -0.1) is 0 Å². The van der Waals surface area contributed by atoms with E-state index in [0.29, 0.717) is 29.3 Å². The van der Waals surface area contributed by atoms with Crippen molar-refractivity contribution in [3.05, 3.63) is 0 Å². The molecule has 1 saturated heterocycles. The van der Waals surface area contributed by atoms with Crippen LogP contribution in [-0.4, -0.2) is 34.1 Å². The lowest BCUT2D eigenvalue weighted by Gasteiger charge is -2.26. The van der Waals surface area contributed by atoms with Gasteiger partial charge in [0.25, 0.3) is 0 Å². The molecule has 0 amide bonds. The van der Waals surface area contributed by atoms with E-state index in [1.165, 1.54) is 19.3 Å². The lowest BCUT2D eigenvalue weighted by atomic mass is 10.1. The van der Waals surface area contributed by atoms with Crippen LogP contribution < -0.4 is 16.0 Å². The summed E-state index contributed by atoms with van der Waals surface area (Å²) in [7, 11) is 0. The van der Waals surface area contributed by atoms with Crippen molar-refractivity contribution in [2.45, 2.75) is 45.6 Å². The van der Waals surface area contributed by atoms with Crippen molar-refractivity contribution in [1.29, 1.82) is 0 Å². The zero-order valence-corrected chi connectivity index (χ0v) is 11.7. The standard InChI is InChI=1S/C13H22N6/c1-13(2)8-9(13)15-11-16-10(14)17-12(18-11)19-6-4-3-5-7-19/h9H,3-8H2,1-2H3,(H3,14,15,16,17,18). The van der Waals surface area contributed by atoms with Crippen LogP contribution in [0.1, 0.15) is 39.5 Å². The van der Waals surface area contributed by atoms with Gasteiger partial charge in [0.1, 0.15) is 0 Å². The quantitative estimate of drug-likeness (QED) is 0.862. The summed E-state index contributed by atoms with van der Waals surface area (Å²) in [4.78, 5) is 15.2. The molecule has 0 bridgehead atoms. The van der Waals surface area contributed by atoms with Gasteiger partial charge in [-0.2, -0.15) is 15.0 Å². The Kier molecular flexibility index (Phi) is 2.95. The molecule has 6 heteroatoms. The Bertz CT molecular complexity index is 466. The van der Waals surface area contributed by atoms with Crippen molar-refractivity contribution in [2.75, 3.05) is 29.0 Å². The molecule has 2 heterocycles. The van der Waals surface area contributed by atoms with Gasteiger partial charge in [-0.3, -0.25) is 0 Å². The Hall–Kier alpha value is -1.59. The van der Waals surface area contributed by atoms with Gasteiger partial charge in [-0.25, -0.2) is 0 Å². The third-order valence-corrected chi connectivity index (χ3v) is 4.10. The average Bonchev–Trinajstić information content (AvgIpc) is 2.97. The number of rotatable bonds is 3. The highest BCUT2D eigenvalue weighted by molar-refractivity contribution is 5.43. The molecule has 2 aliphatic rings. The maximum Gasteiger partial charge on any atom is 0.231 e. The maximum absolute atomic E-state index is 5.80. The molecule has 3 rings (SSSR count). The van der Waals surface area contributed by atoms with E-state index in [1.807, 2.05) is 0 Å². The summed E-state index contributed by atoms with van der Waals surface area (Å²) in [6.07, 6.45) is 4.84.